The predicted molar refractivity (Wildman–Crippen MR) is 66.9 cm³/mol. The average Bonchev–Trinajstić information content (AvgIpc) is 3.08. The van der Waals surface area contributed by atoms with Gasteiger partial charge in [0, 0.05) is 13.6 Å². The summed E-state index contributed by atoms with van der Waals surface area (Å²) >= 11 is 0. The predicted octanol–water partition coefficient (Wildman–Crippen LogP) is 0.0604. The molecule has 0 saturated heterocycles. The zero-order valence-electron chi connectivity index (χ0n) is 10.9. The first-order valence-corrected chi connectivity index (χ1v) is 6.05. The third-order valence-electron chi connectivity index (χ3n) is 2.97. The summed E-state index contributed by atoms with van der Waals surface area (Å²) in [7, 11) is 1.73. The first-order valence-electron chi connectivity index (χ1n) is 6.05. The van der Waals surface area contributed by atoms with Gasteiger partial charge in [0.2, 0.25) is 12.7 Å². The Morgan fingerprint density at radius 2 is 2.25 bits per heavy atom. The molecular weight excluding hydrogens is 262 g/mol. The Morgan fingerprint density at radius 1 is 1.40 bits per heavy atom. The van der Waals surface area contributed by atoms with Crippen molar-refractivity contribution in [1.82, 2.24) is 25.1 Å². The molecule has 8 nitrogen and oxygen atoms in total. The van der Waals surface area contributed by atoms with E-state index in [0.29, 0.717) is 12.3 Å². The third-order valence-corrected chi connectivity index (χ3v) is 2.97. The fourth-order valence-electron chi connectivity index (χ4n) is 1.91. The van der Waals surface area contributed by atoms with Crippen LogP contribution in [-0.2, 0) is 17.9 Å². The number of hydrogen-bond acceptors (Lipinski definition) is 6. The SMILES string of the molecule is CN(Cc1ccc2c(c1)OCO2)C(=O)Cn1cnnn1. The molecule has 1 aromatic carbocycles. The van der Waals surface area contributed by atoms with Gasteiger partial charge in [0.15, 0.2) is 11.5 Å². The third kappa shape index (κ3) is 2.53. The van der Waals surface area contributed by atoms with E-state index in [-0.39, 0.29) is 19.2 Å². The molecule has 1 aromatic heterocycles. The number of amides is 1. The molecule has 0 spiro atoms. The normalized spacial score (nSPS) is 12.4. The van der Waals surface area contributed by atoms with Gasteiger partial charge in [-0.3, -0.25) is 4.79 Å². The molecule has 0 atom stereocenters. The van der Waals surface area contributed by atoms with Crippen molar-refractivity contribution in [2.24, 2.45) is 0 Å². The molecule has 0 saturated carbocycles. The number of likely N-dealkylation sites (N-methyl/N-ethyl adjacent to an activating group) is 1. The molecule has 0 fully saturated rings. The summed E-state index contributed by atoms with van der Waals surface area (Å²) in [4.78, 5) is 13.6. The molecule has 20 heavy (non-hydrogen) atoms. The molecule has 0 aliphatic carbocycles. The van der Waals surface area contributed by atoms with E-state index in [1.54, 1.807) is 11.9 Å². The fraction of sp³-hybridized carbons (Fsp3) is 0.333. The summed E-state index contributed by atoms with van der Waals surface area (Å²) < 4.78 is 11.9. The highest BCUT2D eigenvalue weighted by Crippen LogP contribution is 2.32. The lowest BCUT2D eigenvalue weighted by atomic mass is 10.2. The summed E-state index contributed by atoms with van der Waals surface area (Å²) in [6, 6.07) is 5.63. The minimum absolute atomic E-state index is 0.0741. The van der Waals surface area contributed by atoms with Crippen molar-refractivity contribution in [2.75, 3.05) is 13.8 Å². The van der Waals surface area contributed by atoms with E-state index in [4.69, 9.17) is 9.47 Å². The van der Waals surface area contributed by atoms with Gasteiger partial charge in [-0.1, -0.05) is 6.07 Å². The summed E-state index contributed by atoms with van der Waals surface area (Å²) in [5.41, 5.74) is 0.974. The second kappa shape index (κ2) is 5.16. The smallest absolute Gasteiger partial charge is 0.244 e. The Bertz CT molecular complexity index is 614. The molecule has 2 heterocycles. The number of ether oxygens (including phenoxy) is 2. The summed E-state index contributed by atoms with van der Waals surface area (Å²) in [5, 5.41) is 10.6. The zero-order chi connectivity index (χ0) is 13.9. The maximum absolute atomic E-state index is 12.0. The molecule has 104 valence electrons. The average molecular weight is 275 g/mol. The van der Waals surface area contributed by atoms with Crippen molar-refractivity contribution >= 4 is 5.91 Å². The number of fused-ring (bicyclic) bond motifs is 1. The molecule has 2 aromatic rings. The number of carbonyl (C=O) groups is 1. The number of rotatable bonds is 4. The zero-order valence-corrected chi connectivity index (χ0v) is 10.9. The van der Waals surface area contributed by atoms with Crippen LogP contribution in [0.5, 0.6) is 11.5 Å². The van der Waals surface area contributed by atoms with Gasteiger partial charge in [0.25, 0.3) is 0 Å². The van der Waals surface area contributed by atoms with E-state index < -0.39 is 0 Å². The van der Waals surface area contributed by atoms with Gasteiger partial charge in [0.05, 0.1) is 0 Å². The van der Waals surface area contributed by atoms with Crippen LogP contribution in [0.3, 0.4) is 0 Å². The summed E-state index contributed by atoms with van der Waals surface area (Å²) in [6.07, 6.45) is 1.41. The number of nitrogens with zero attached hydrogens (tertiary/aromatic N) is 5. The quantitative estimate of drug-likeness (QED) is 0.784. The lowest BCUT2D eigenvalue weighted by molar-refractivity contribution is -0.131. The first-order chi connectivity index (χ1) is 9.72. The Balaban J connectivity index is 1.63. The van der Waals surface area contributed by atoms with E-state index in [1.165, 1.54) is 11.0 Å². The maximum atomic E-state index is 12.0. The Hall–Kier alpha value is -2.64. The topological polar surface area (TPSA) is 82.4 Å². The van der Waals surface area contributed by atoms with Crippen molar-refractivity contribution in [3.05, 3.63) is 30.1 Å². The van der Waals surface area contributed by atoms with E-state index in [9.17, 15) is 4.79 Å². The lowest BCUT2D eigenvalue weighted by Crippen LogP contribution is -2.30. The van der Waals surface area contributed by atoms with Crippen LogP contribution in [0.2, 0.25) is 0 Å². The van der Waals surface area contributed by atoms with Crippen molar-refractivity contribution in [3.8, 4) is 11.5 Å². The molecule has 0 bridgehead atoms. The van der Waals surface area contributed by atoms with Crippen molar-refractivity contribution in [3.63, 3.8) is 0 Å². The standard InChI is InChI=1S/C12H13N5O3/c1-16(12(18)6-17-7-13-14-15-17)5-9-2-3-10-11(4-9)20-8-19-10/h2-4,7H,5-6,8H2,1H3. The minimum Gasteiger partial charge on any atom is -0.454 e. The van der Waals surface area contributed by atoms with Crippen LogP contribution in [0, 0.1) is 0 Å². The summed E-state index contributed by atoms with van der Waals surface area (Å²) in [6.45, 7) is 0.846. The van der Waals surface area contributed by atoms with Crippen molar-refractivity contribution < 1.29 is 14.3 Å². The molecule has 0 unspecified atom stereocenters. The Morgan fingerprint density at radius 3 is 3.05 bits per heavy atom. The van der Waals surface area contributed by atoms with Crippen LogP contribution in [0.15, 0.2) is 24.5 Å². The van der Waals surface area contributed by atoms with Crippen molar-refractivity contribution in [1.29, 1.82) is 0 Å². The minimum atomic E-state index is -0.0741. The molecule has 0 radical (unpaired) electrons. The molecule has 8 heteroatoms. The van der Waals surface area contributed by atoms with E-state index in [1.807, 2.05) is 18.2 Å². The van der Waals surface area contributed by atoms with Crippen molar-refractivity contribution in [2.45, 2.75) is 13.1 Å². The van der Waals surface area contributed by atoms with E-state index in [2.05, 4.69) is 15.5 Å². The number of carbonyl (C=O) groups excluding carboxylic acids is 1. The van der Waals surface area contributed by atoms with Gasteiger partial charge in [-0.25, -0.2) is 4.68 Å². The van der Waals surface area contributed by atoms with Gasteiger partial charge in [-0.15, -0.1) is 5.10 Å². The van der Waals surface area contributed by atoms with Gasteiger partial charge < -0.3 is 14.4 Å². The number of hydrogen-bond donors (Lipinski definition) is 0. The number of tetrazole rings is 1. The fourth-order valence-corrected chi connectivity index (χ4v) is 1.91. The second-order valence-electron chi connectivity index (χ2n) is 4.44. The van der Waals surface area contributed by atoms with Crippen LogP contribution in [0.1, 0.15) is 5.56 Å². The Labute approximate surface area is 114 Å². The Kier molecular flexibility index (Phi) is 3.20. The van der Waals surface area contributed by atoms with Crippen LogP contribution in [-0.4, -0.2) is 44.9 Å². The highest BCUT2D eigenvalue weighted by Gasteiger charge is 2.15. The number of benzene rings is 1. The lowest BCUT2D eigenvalue weighted by Gasteiger charge is -2.17. The van der Waals surface area contributed by atoms with Gasteiger partial charge in [-0.2, -0.15) is 0 Å². The van der Waals surface area contributed by atoms with Gasteiger partial charge in [0.1, 0.15) is 12.9 Å². The molecule has 1 amide bonds. The molecule has 1 aliphatic heterocycles. The highest BCUT2D eigenvalue weighted by atomic mass is 16.7. The van der Waals surface area contributed by atoms with Crippen LogP contribution in [0.25, 0.3) is 0 Å². The molecule has 0 N–H and O–H groups in total. The van der Waals surface area contributed by atoms with Crippen LogP contribution >= 0.6 is 0 Å². The maximum Gasteiger partial charge on any atom is 0.244 e. The summed E-state index contributed by atoms with van der Waals surface area (Å²) in [5.74, 6) is 1.37. The second-order valence-corrected chi connectivity index (χ2v) is 4.44. The molecule has 1 aliphatic rings. The van der Waals surface area contributed by atoms with E-state index >= 15 is 0 Å². The monoisotopic (exact) mass is 275 g/mol. The van der Waals surface area contributed by atoms with Crippen LogP contribution in [0.4, 0.5) is 0 Å². The van der Waals surface area contributed by atoms with Gasteiger partial charge >= 0.3 is 0 Å². The largest absolute Gasteiger partial charge is 0.454 e. The number of aromatic nitrogens is 4. The first kappa shape index (κ1) is 12.4. The van der Waals surface area contributed by atoms with E-state index in [0.717, 1.165) is 11.3 Å². The highest BCUT2D eigenvalue weighted by molar-refractivity contribution is 5.75. The molecule has 3 rings (SSSR count). The molecular formula is C12H13N5O3. The van der Waals surface area contributed by atoms with Crippen LogP contribution < -0.4 is 9.47 Å². The van der Waals surface area contributed by atoms with Gasteiger partial charge in [-0.05, 0) is 28.1 Å².